The number of β-lactam (4-membered cyclic amide) rings is 1. The minimum absolute atomic E-state index is 0.0186. The van der Waals surface area contributed by atoms with Crippen LogP contribution in [0.25, 0.3) is 0 Å². The minimum atomic E-state index is -4.73. The molecule has 0 unspecified atom stereocenters. The smallest absolute Gasteiger partial charge is 0.408 e. The van der Waals surface area contributed by atoms with Crippen molar-refractivity contribution >= 4 is 29.5 Å². The zero-order valence-corrected chi connectivity index (χ0v) is 17.8. The maximum Gasteiger partial charge on any atom is 0.408 e. The van der Waals surface area contributed by atoms with Crippen molar-refractivity contribution in [3.8, 4) is 0 Å². The van der Waals surface area contributed by atoms with Crippen LogP contribution in [-0.4, -0.2) is 46.2 Å². The monoisotopic (exact) mass is 478 g/mol. The summed E-state index contributed by atoms with van der Waals surface area (Å²) in [5.41, 5.74) is 0.173. The highest BCUT2D eigenvalue weighted by Gasteiger charge is 2.56. The Morgan fingerprint density at radius 1 is 1.22 bits per heavy atom. The van der Waals surface area contributed by atoms with Crippen LogP contribution in [0.1, 0.15) is 44.1 Å². The number of amides is 3. The lowest BCUT2D eigenvalue weighted by Crippen LogP contribution is -2.69. The molecule has 11 heteroatoms. The van der Waals surface area contributed by atoms with Gasteiger partial charge in [-0.1, -0.05) is 43.0 Å². The lowest BCUT2D eigenvalue weighted by molar-refractivity contribution is -0.173. The Bertz CT molecular complexity index is 889. The normalized spacial score (nSPS) is 22.9. The number of halogens is 5. The van der Waals surface area contributed by atoms with Crippen molar-refractivity contribution in [2.45, 2.75) is 63.2 Å². The summed E-state index contributed by atoms with van der Waals surface area (Å²) in [6, 6.07) is -0.879. The van der Waals surface area contributed by atoms with Crippen molar-refractivity contribution in [1.29, 1.82) is 0 Å². The number of alkyl halides is 3. The molecule has 2 N–H and O–H groups in total. The summed E-state index contributed by atoms with van der Waals surface area (Å²) < 4.78 is 54.8. The topological polar surface area (TPSA) is 86.7 Å². The number of benzene rings is 1. The number of carbonyl (C=O) groups is 3. The van der Waals surface area contributed by atoms with E-state index in [2.05, 4.69) is 0 Å². The van der Waals surface area contributed by atoms with E-state index in [1.807, 2.05) is 5.32 Å². The van der Waals surface area contributed by atoms with E-state index in [0.717, 1.165) is 6.42 Å². The highest BCUT2D eigenvalue weighted by Crippen LogP contribution is 2.36. The number of carboxylic acid groups (broad SMARTS) is 1. The van der Waals surface area contributed by atoms with Crippen LogP contribution in [0, 0.1) is 17.7 Å². The van der Waals surface area contributed by atoms with E-state index in [4.69, 9.17) is 11.6 Å². The Hall–Kier alpha value is -2.36. The largest absolute Gasteiger partial charge is 0.480 e. The van der Waals surface area contributed by atoms with E-state index in [9.17, 15) is 37.1 Å². The molecule has 1 heterocycles. The molecule has 1 saturated carbocycles. The number of aryl methyl sites for hydroxylation is 1. The van der Waals surface area contributed by atoms with Crippen molar-refractivity contribution in [1.82, 2.24) is 10.2 Å². The Morgan fingerprint density at radius 3 is 2.47 bits per heavy atom. The molecule has 3 atom stereocenters. The predicted octanol–water partition coefficient (Wildman–Crippen LogP) is 4.54. The Balaban J connectivity index is 1.70. The second kappa shape index (κ2) is 9.64. The number of urea groups is 1. The van der Waals surface area contributed by atoms with Crippen molar-refractivity contribution in [2.75, 3.05) is 0 Å². The minimum Gasteiger partial charge on any atom is -0.480 e. The molecule has 6 nitrogen and oxygen atoms in total. The van der Waals surface area contributed by atoms with E-state index in [1.54, 1.807) is 0 Å². The first-order valence-electron chi connectivity index (χ1n) is 10.4. The number of aliphatic carboxylic acids is 1. The van der Waals surface area contributed by atoms with Gasteiger partial charge in [-0.3, -0.25) is 4.79 Å². The second-order valence-corrected chi connectivity index (χ2v) is 8.62. The zero-order valence-electron chi connectivity index (χ0n) is 17.0. The molecule has 176 valence electrons. The molecule has 3 rings (SSSR count). The summed E-state index contributed by atoms with van der Waals surface area (Å²) in [6.45, 7) is 0. The van der Waals surface area contributed by atoms with Crippen LogP contribution in [-0.2, 0) is 16.0 Å². The van der Waals surface area contributed by atoms with Gasteiger partial charge in [0.2, 0.25) is 5.91 Å². The van der Waals surface area contributed by atoms with Gasteiger partial charge in [0.1, 0.15) is 11.9 Å². The lowest BCUT2D eigenvalue weighted by Gasteiger charge is -2.44. The van der Waals surface area contributed by atoms with Crippen molar-refractivity contribution < 1.29 is 37.1 Å². The second-order valence-electron chi connectivity index (χ2n) is 8.22. The molecule has 1 saturated heterocycles. The fourth-order valence-corrected chi connectivity index (χ4v) is 4.72. The summed E-state index contributed by atoms with van der Waals surface area (Å²) in [5.74, 6) is -5.09. The standard InChI is InChI=1S/C21H23ClF4N2O4/c22-14-8-4-7-11(15(14)23)9-10-13-16(19(30)31)28(18(13)29)20(32)27-17(21(24,25)26)12-5-2-1-3-6-12/h4,7-8,12-13,16-17H,1-3,5-6,9-10H2,(H,27,32)(H,30,31)/t13-,16+,17+/m1/s1. The summed E-state index contributed by atoms with van der Waals surface area (Å²) in [4.78, 5) is 37.0. The summed E-state index contributed by atoms with van der Waals surface area (Å²) in [5, 5.41) is 11.2. The maximum atomic E-state index is 14.0. The van der Waals surface area contributed by atoms with Gasteiger partial charge >= 0.3 is 18.2 Å². The molecule has 2 fully saturated rings. The molecule has 0 aromatic heterocycles. The molecule has 0 radical (unpaired) electrons. The molecule has 1 aliphatic heterocycles. The molecule has 1 aromatic carbocycles. The van der Waals surface area contributed by atoms with E-state index >= 15 is 0 Å². The number of carboxylic acids is 1. The van der Waals surface area contributed by atoms with Gasteiger partial charge in [0.15, 0.2) is 6.04 Å². The van der Waals surface area contributed by atoms with Crippen LogP contribution < -0.4 is 5.32 Å². The first-order valence-corrected chi connectivity index (χ1v) is 10.8. The maximum absolute atomic E-state index is 14.0. The zero-order chi connectivity index (χ0) is 23.6. The van der Waals surface area contributed by atoms with Crippen LogP contribution in [0.4, 0.5) is 22.4 Å². The molecule has 0 spiro atoms. The Morgan fingerprint density at radius 2 is 1.88 bits per heavy atom. The van der Waals surface area contributed by atoms with Crippen LogP contribution >= 0.6 is 11.6 Å². The van der Waals surface area contributed by atoms with Gasteiger partial charge in [-0.2, -0.15) is 13.2 Å². The number of carbonyl (C=O) groups excluding carboxylic acids is 2. The molecular weight excluding hydrogens is 456 g/mol. The molecule has 0 bridgehead atoms. The molecule has 1 aliphatic carbocycles. The third-order valence-electron chi connectivity index (χ3n) is 6.19. The summed E-state index contributed by atoms with van der Waals surface area (Å²) >= 11 is 5.71. The van der Waals surface area contributed by atoms with Gasteiger partial charge in [0.05, 0.1) is 10.9 Å². The van der Waals surface area contributed by atoms with Crippen LogP contribution in [0.2, 0.25) is 5.02 Å². The molecular formula is C21H23ClF4N2O4. The van der Waals surface area contributed by atoms with Crippen LogP contribution in [0.5, 0.6) is 0 Å². The number of hydrogen-bond acceptors (Lipinski definition) is 3. The molecule has 3 amide bonds. The summed E-state index contributed by atoms with van der Waals surface area (Å²) in [6.07, 6.45) is -2.24. The van der Waals surface area contributed by atoms with E-state index in [-0.39, 0.29) is 36.3 Å². The van der Waals surface area contributed by atoms with E-state index < -0.39 is 53.8 Å². The SMILES string of the molecule is O=C(O)[C@@H]1[C@@H](CCc2cccc(Cl)c2F)C(=O)N1C(=O)N[C@@H](C1CCCCC1)C(F)(F)F. The fourth-order valence-electron chi connectivity index (χ4n) is 4.53. The summed E-state index contributed by atoms with van der Waals surface area (Å²) in [7, 11) is 0. The lowest BCUT2D eigenvalue weighted by atomic mass is 9.82. The molecule has 32 heavy (non-hydrogen) atoms. The number of imide groups is 1. The first kappa shape index (κ1) is 24.3. The van der Waals surface area contributed by atoms with Gasteiger partial charge in [-0.05, 0) is 43.2 Å². The number of likely N-dealkylation sites (tertiary alicyclic amines) is 1. The Labute approximate surface area is 186 Å². The quantitative estimate of drug-likeness (QED) is 0.464. The van der Waals surface area contributed by atoms with Crippen molar-refractivity contribution in [3.05, 3.63) is 34.6 Å². The van der Waals surface area contributed by atoms with E-state index in [1.165, 1.54) is 18.2 Å². The number of rotatable bonds is 6. The first-order chi connectivity index (χ1) is 15.0. The predicted molar refractivity (Wildman–Crippen MR) is 106 cm³/mol. The van der Waals surface area contributed by atoms with Gasteiger partial charge in [-0.25, -0.2) is 18.9 Å². The number of nitrogens with one attached hydrogen (secondary N) is 1. The third kappa shape index (κ3) is 5.00. The average molecular weight is 479 g/mol. The highest BCUT2D eigenvalue weighted by molar-refractivity contribution is 6.30. The van der Waals surface area contributed by atoms with Gasteiger partial charge in [0.25, 0.3) is 0 Å². The van der Waals surface area contributed by atoms with Gasteiger partial charge < -0.3 is 10.4 Å². The third-order valence-corrected chi connectivity index (χ3v) is 6.49. The Kier molecular flexibility index (Phi) is 7.32. The molecule has 2 aliphatic rings. The van der Waals surface area contributed by atoms with Crippen molar-refractivity contribution in [3.63, 3.8) is 0 Å². The van der Waals surface area contributed by atoms with Gasteiger partial charge in [-0.15, -0.1) is 0 Å². The average Bonchev–Trinajstić information content (AvgIpc) is 2.72. The van der Waals surface area contributed by atoms with Crippen molar-refractivity contribution in [2.24, 2.45) is 11.8 Å². The van der Waals surface area contributed by atoms with Gasteiger partial charge in [0, 0.05) is 0 Å². The number of nitrogens with zero attached hydrogens (tertiary/aromatic N) is 1. The fraction of sp³-hybridized carbons (Fsp3) is 0.571. The molecule has 1 aromatic rings. The number of hydrogen-bond donors (Lipinski definition) is 2. The van der Waals surface area contributed by atoms with Crippen LogP contribution in [0.3, 0.4) is 0 Å². The highest BCUT2D eigenvalue weighted by atomic mass is 35.5. The van der Waals surface area contributed by atoms with Crippen LogP contribution in [0.15, 0.2) is 18.2 Å². The van der Waals surface area contributed by atoms with E-state index in [0.29, 0.717) is 17.7 Å².